The average Bonchev–Trinajstić information content (AvgIpc) is 2.96. The van der Waals surface area contributed by atoms with Gasteiger partial charge in [0.05, 0.1) is 36.5 Å². The smallest absolute Gasteiger partial charge is 0.238 e. The molecule has 1 aromatic carbocycles. The molecule has 1 aliphatic heterocycles. The maximum absolute atomic E-state index is 12.4. The number of morpholine rings is 1. The lowest BCUT2D eigenvalue weighted by molar-refractivity contribution is -0.119. The van der Waals surface area contributed by atoms with E-state index in [0.717, 1.165) is 12.2 Å². The summed E-state index contributed by atoms with van der Waals surface area (Å²) in [6.07, 6.45) is 2.01. The highest BCUT2D eigenvalue weighted by Gasteiger charge is 2.27. The second-order valence-corrected chi connectivity index (χ2v) is 6.04. The lowest BCUT2D eigenvalue weighted by Gasteiger charge is -2.35. The molecule has 1 fully saturated rings. The molecule has 0 spiro atoms. The first-order valence-corrected chi connectivity index (χ1v) is 8.00. The van der Waals surface area contributed by atoms with Crippen LogP contribution in [-0.2, 0) is 16.6 Å². The van der Waals surface area contributed by atoms with Gasteiger partial charge in [-0.15, -0.1) is 0 Å². The lowest BCUT2D eigenvalue weighted by Crippen LogP contribution is -2.44. The second-order valence-electron chi connectivity index (χ2n) is 5.63. The molecule has 1 N–H and O–H groups in total. The van der Waals surface area contributed by atoms with Crippen LogP contribution in [0.25, 0.3) is 0 Å². The van der Waals surface area contributed by atoms with Crippen molar-refractivity contribution in [3.05, 3.63) is 53.3 Å². The van der Waals surface area contributed by atoms with Gasteiger partial charge >= 0.3 is 0 Å². The number of aromatic nitrogens is 1. The Morgan fingerprint density at radius 3 is 2.91 bits per heavy atom. The first kappa shape index (κ1) is 16.1. The molecule has 2 heterocycles. The Labute approximate surface area is 140 Å². The molecule has 6 heteroatoms. The number of halogens is 1. The molecule has 23 heavy (non-hydrogen) atoms. The molecule has 0 bridgehead atoms. The molecule has 0 unspecified atom stereocenters. The lowest BCUT2D eigenvalue weighted by atomic mass is 10.1. The van der Waals surface area contributed by atoms with Crippen LogP contribution < -0.4 is 5.32 Å². The first-order chi connectivity index (χ1) is 11.1. The first-order valence-electron chi connectivity index (χ1n) is 7.62. The quantitative estimate of drug-likeness (QED) is 0.935. The van der Waals surface area contributed by atoms with E-state index in [4.69, 9.17) is 16.3 Å². The Bertz CT molecular complexity index is 686. The summed E-state index contributed by atoms with van der Waals surface area (Å²) in [5.74, 6) is -0.0702. The largest absolute Gasteiger partial charge is 0.378 e. The fourth-order valence-electron chi connectivity index (χ4n) is 2.86. The number of nitrogens with zero attached hydrogens (tertiary/aromatic N) is 2. The predicted octanol–water partition coefficient (Wildman–Crippen LogP) is 2.69. The zero-order valence-electron chi connectivity index (χ0n) is 13.0. The van der Waals surface area contributed by atoms with Gasteiger partial charge in [-0.1, -0.05) is 23.7 Å². The minimum absolute atomic E-state index is 0.0702. The summed E-state index contributed by atoms with van der Waals surface area (Å²) in [4.78, 5) is 14.5. The number of nitrogens with one attached hydrogen (secondary N) is 1. The Morgan fingerprint density at radius 1 is 1.35 bits per heavy atom. The summed E-state index contributed by atoms with van der Waals surface area (Å²) in [5.41, 5.74) is 1.79. The number of hydrogen-bond acceptors (Lipinski definition) is 3. The molecule has 1 atom stereocenters. The number of ether oxygens (including phenoxy) is 1. The summed E-state index contributed by atoms with van der Waals surface area (Å²) < 4.78 is 7.67. The van der Waals surface area contributed by atoms with Crippen LogP contribution in [0.2, 0.25) is 5.02 Å². The van der Waals surface area contributed by atoms with Gasteiger partial charge in [-0.25, -0.2) is 0 Å². The minimum atomic E-state index is -0.0702. The van der Waals surface area contributed by atoms with Crippen molar-refractivity contribution >= 4 is 23.2 Å². The maximum atomic E-state index is 12.4. The average molecular weight is 334 g/mol. The Hall–Kier alpha value is -1.82. The number of anilines is 1. The molecule has 0 aliphatic carbocycles. The van der Waals surface area contributed by atoms with Crippen LogP contribution in [0.15, 0.2) is 42.6 Å². The third-order valence-electron chi connectivity index (χ3n) is 4.06. The van der Waals surface area contributed by atoms with E-state index in [0.29, 0.717) is 30.5 Å². The third kappa shape index (κ3) is 3.75. The molecular weight excluding hydrogens is 314 g/mol. The van der Waals surface area contributed by atoms with Crippen molar-refractivity contribution in [3.8, 4) is 0 Å². The van der Waals surface area contributed by atoms with Crippen LogP contribution in [0.5, 0.6) is 0 Å². The van der Waals surface area contributed by atoms with Crippen LogP contribution in [0.3, 0.4) is 0 Å². The van der Waals surface area contributed by atoms with E-state index in [1.807, 2.05) is 31.4 Å². The standard InChI is InChI=1S/C17H20ClN3O2/c1-20-8-4-7-15(20)16-12-23-10-9-21(16)11-17(22)19-14-6-3-2-5-13(14)18/h2-8,16H,9-12H2,1H3,(H,19,22)/t16-/m0/s1. The van der Waals surface area contributed by atoms with Gasteiger partial charge in [0.1, 0.15) is 0 Å². The SMILES string of the molecule is Cn1cccc1[C@@H]1COCCN1CC(=O)Nc1ccccc1Cl. The normalized spacial score (nSPS) is 18.8. The van der Waals surface area contributed by atoms with Gasteiger partial charge in [-0.3, -0.25) is 9.69 Å². The van der Waals surface area contributed by atoms with Gasteiger partial charge in [0.15, 0.2) is 0 Å². The fourth-order valence-corrected chi connectivity index (χ4v) is 3.04. The summed E-state index contributed by atoms with van der Waals surface area (Å²) in [5, 5.41) is 3.42. The van der Waals surface area contributed by atoms with E-state index in [2.05, 4.69) is 20.9 Å². The van der Waals surface area contributed by atoms with Gasteiger partial charge < -0.3 is 14.6 Å². The Balaban J connectivity index is 1.68. The summed E-state index contributed by atoms with van der Waals surface area (Å²) >= 11 is 6.09. The van der Waals surface area contributed by atoms with Gasteiger partial charge in [0, 0.05) is 25.5 Å². The van der Waals surface area contributed by atoms with E-state index in [-0.39, 0.29) is 11.9 Å². The van der Waals surface area contributed by atoms with E-state index >= 15 is 0 Å². The zero-order chi connectivity index (χ0) is 16.2. The van der Waals surface area contributed by atoms with E-state index < -0.39 is 0 Å². The number of carbonyl (C=O) groups excluding carboxylic acids is 1. The van der Waals surface area contributed by atoms with Crippen molar-refractivity contribution in [2.24, 2.45) is 7.05 Å². The maximum Gasteiger partial charge on any atom is 0.238 e. The van der Waals surface area contributed by atoms with Crippen LogP contribution in [0.4, 0.5) is 5.69 Å². The molecule has 0 radical (unpaired) electrons. The van der Waals surface area contributed by atoms with Crippen molar-refractivity contribution < 1.29 is 9.53 Å². The number of para-hydroxylation sites is 1. The number of aryl methyl sites for hydroxylation is 1. The fraction of sp³-hybridized carbons (Fsp3) is 0.353. The molecule has 0 saturated carbocycles. The summed E-state index contributed by atoms with van der Waals surface area (Å²) in [6, 6.07) is 11.4. The van der Waals surface area contributed by atoms with E-state index in [9.17, 15) is 4.79 Å². The van der Waals surface area contributed by atoms with Crippen LogP contribution in [0, 0.1) is 0 Å². The number of carbonyl (C=O) groups is 1. The molecule has 1 aliphatic rings. The number of hydrogen-bond donors (Lipinski definition) is 1. The van der Waals surface area contributed by atoms with Gasteiger partial charge in [0.25, 0.3) is 0 Å². The van der Waals surface area contributed by atoms with Gasteiger partial charge in [-0.2, -0.15) is 0 Å². The predicted molar refractivity (Wildman–Crippen MR) is 90.6 cm³/mol. The molecule has 122 valence electrons. The third-order valence-corrected chi connectivity index (χ3v) is 4.39. The van der Waals surface area contributed by atoms with Crippen molar-refractivity contribution in [1.29, 1.82) is 0 Å². The van der Waals surface area contributed by atoms with E-state index in [1.165, 1.54) is 0 Å². The van der Waals surface area contributed by atoms with Gasteiger partial charge in [-0.05, 0) is 24.3 Å². The zero-order valence-corrected chi connectivity index (χ0v) is 13.8. The molecule has 1 aromatic heterocycles. The topological polar surface area (TPSA) is 46.5 Å². The monoisotopic (exact) mass is 333 g/mol. The van der Waals surface area contributed by atoms with Crippen molar-refractivity contribution in [2.75, 3.05) is 31.6 Å². The van der Waals surface area contributed by atoms with Crippen molar-refractivity contribution in [2.45, 2.75) is 6.04 Å². The highest BCUT2D eigenvalue weighted by atomic mass is 35.5. The second kappa shape index (κ2) is 7.17. The number of rotatable bonds is 4. The molecular formula is C17H20ClN3O2. The molecule has 1 amide bonds. The van der Waals surface area contributed by atoms with Crippen molar-refractivity contribution in [3.63, 3.8) is 0 Å². The molecule has 1 saturated heterocycles. The Kier molecular flexibility index (Phi) is 5.00. The van der Waals surface area contributed by atoms with Crippen LogP contribution in [-0.4, -0.2) is 41.7 Å². The van der Waals surface area contributed by atoms with Crippen LogP contribution in [0.1, 0.15) is 11.7 Å². The molecule has 5 nitrogen and oxygen atoms in total. The highest BCUT2D eigenvalue weighted by molar-refractivity contribution is 6.33. The Morgan fingerprint density at radius 2 is 2.17 bits per heavy atom. The number of amides is 1. The van der Waals surface area contributed by atoms with E-state index in [1.54, 1.807) is 12.1 Å². The van der Waals surface area contributed by atoms with Gasteiger partial charge in [0.2, 0.25) is 5.91 Å². The summed E-state index contributed by atoms with van der Waals surface area (Å²) in [7, 11) is 2.01. The minimum Gasteiger partial charge on any atom is -0.378 e. The van der Waals surface area contributed by atoms with Crippen LogP contribution >= 0.6 is 11.6 Å². The van der Waals surface area contributed by atoms with Crippen molar-refractivity contribution in [1.82, 2.24) is 9.47 Å². The summed E-state index contributed by atoms with van der Waals surface area (Å²) in [6.45, 7) is 2.27. The number of benzene rings is 1. The highest BCUT2D eigenvalue weighted by Crippen LogP contribution is 2.25. The molecule has 3 rings (SSSR count). The molecule has 2 aromatic rings.